The smallest absolute Gasteiger partial charge is 0.236 e. The summed E-state index contributed by atoms with van der Waals surface area (Å²) in [5.41, 5.74) is 4.63. The predicted molar refractivity (Wildman–Crippen MR) is 109 cm³/mol. The van der Waals surface area contributed by atoms with Gasteiger partial charge in [-0.15, -0.1) is 0 Å². The summed E-state index contributed by atoms with van der Waals surface area (Å²) in [5, 5.41) is 0. The maximum Gasteiger partial charge on any atom is 0.260 e. The molecule has 0 aliphatic rings. The van der Waals surface area contributed by atoms with Crippen molar-refractivity contribution in [3.8, 4) is 5.82 Å². The summed E-state index contributed by atoms with van der Waals surface area (Å²) in [7, 11) is 2.07. The van der Waals surface area contributed by atoms with Crippen LogP contribution in [0.5, 0.6) is 0 Å². The predicted octanol–water partition coefficient (Wildman–Crippen LogP) is 4.59. The summed E-state index contributed by atoms with van der Waals surface area (Å²) in [5.74, 6) is 2.04. The Balaban J connectivity index is 1.97. The van der Waals surface area contributed by atoms with Crippen LogP contribution in [-0.4, -0.2) is 9.55 Å². The summed E-state index contributed by atoms with van der Waals surface area (Å²) in [6, 6.07) is 27.0. The first-order chi connectivity index (χ1) is 13.2. The van der Waals surface area contributed by atoms with Crippen LogP contribution in [0.2, 0.25) is 0 Å². The molecule has 2 aromatic heterocycles. The van der Waals surface area contributed by atoms with E-state index in [1.54, 1.807) is 0 Å². The van der Waals surface area contributed by atoms with E-state index in [4.69, 9.17) is 0 Å². The van der Waals surface area contributed by atoms with Crippen LogP contribution in [0.4, 0.5) is 0 Å². The van der Waals surface area contributed by atoms with E-state index in [0.717, 1.165) is 22.9 Å². The number of rotatable bonds is 4. The molecule has 0 amide bonds. The van der Waals surface area contributed by atoms with Crippen molar-refractivity contribution in [1.29, 1.82) is 0 Å². The molecular weight excluding hydrogens is 330 g/mol. The molecular formula is C24H22N3+. The van der Waals surface area contributed by atoms with Gasteiger partial charge in [0.25, 0.3) is 5.82 Å². The topological polar surface area (TPSA) is 21.7 Å². The van der Waals surface area contributed by atoms with Crippen molar-refractivity contribution in [2.24, 2.45) is 7.05 Å². The Morgan fingerprint density at radius 3 is 2.22 bits per heavy atom. The molecule has 3 nitrogen and oxygen atoms in total. The summed E-state index contributed by atoms with van der Waals surface area (Å²) >= 11 is 0. The average Bonchev–Trinajstić information content (AvgIpc) is 3.02. The number of aryl methyl sites for hydroxylation is 1. The Bertz CT molecular complexity index is 1060. The van der Waals surface area contributed by atoms with E-state index >= 15 is 0 Å². The zero-order chi connectivity index (χ0) is 18.6. The van der Waals surface area contributed by atoms with Crippen LogP contribution in [-0.2, 0) is 7.05 Å². The van der Waals surface area contributed by atoms with Crippen LogP contribution < -0.4 is 4.57 Å². The van der Waals surface area contributed by atoms with E-state index in [9.17, 15) is 0 Å². The average molecular weight is 352 g/mol. The number of hydrogen-bond donors (Lipinski definition) is 0. The standard InChI is InChI=1S/C24H22N3/c1-19-26(2)18-23(27(19)24-15-9-10-16-25-24)22(21-13-7-4-8-14-21)17-20-11-5-3-6-12-20/h3-18H,1-2H3/q+1/b22-17+. The first kappa shape index (κ1) is 17.0. The second-order valence-electron chi connectivity index (χ2n) is 6.53. The van der Waals surface area contributed by atoms with Gasteiger partial charge in [0.15, 0.2) is 5.69 Å². The van der Waals surface area contributed by atoms with Crippen molar-refractivity contribution in [2.75, 3.05) is 0 Å². The fourth-order valence-electron chi connectivity index (χ4n) is 3.27. The zero-order valence-corrected chi connectivity index (χ0v) is 15.6. The van der Waals surface area contributed by atoms with Crippen molar-refractivity contribution >= 4 is 11.6 Å². The fourth-order valence-corrected chi connectivity index (χ4v) is 3.27. The fraction of sp³-hybridized carbons (Fsp3) is 0.0833. The van der Waals surface area contributed by atoms with Gasteiger partial charge in [-0.1, -0.05) is 66.7 Å². The van der Waals surface area contributed by atoms with Crippen LogP contribution >= 0.6 is 0 Å². The molecule has 0 bridgehead atoms. The zero-order valence-electron chi connectivity index (χ0n) is 15.6. The molecule has 4 aromatic rings. The van der Waals surface area contributed by atoms with Gasteiger partial charge >= 0.3 is 0 Å². The lowest BCUT2D eigenvalue weighted by molar-refractivity contribution is -0.677. The first-order valence-electron chi connectivity index (χ1n) is 9.06. The molecule has 4 rings (SSSR count). The molecule has 0 saturated heterocycles. The maximum atomic E-state index is 4.59. The molecule has 0 atom stereocenters. The van der Waals surface area contributed by atoms with Gasteiger partial charge in [-0.25, -0.2) is 9.55 Å². The Labute approximate surface area is 159 Å². The lowest BCUT2D eigenvalue weighted by atomic mass is 10.00. The van der Waals surface area contributed by atoms with E-state index in [0.29, 0.717) is 0 Å². The Morgan fingerprint density at radius 1 is 0.889 bits per heavy atom. The molecule has 0 radical (unpaired) electrons. The molecule has 0 fully saturated rings. The van der Waals surface area contributed by atoms with Gasteiger partial charge in [-0.05, 0) is 23.3 Å². The Morgan fingerprint density at radius 2 is 1.56 bits per heavy atom. The van der Waals surface area contributed by atoms with Crippen molar-refractivity contribution in [2.45, 2.75) is 6.92 Å². The van der Waals surface area contributed by atoms with Crippen molar-refractivity contribution in [3.05, 3.63) is 114 Å². The molecule has 3 heteroatoms. The third-order valence-corrected chi connectivity index (χ3v) is 4.74. The molecule has 27 heavy (non-hydrogen) atoms. The quantitative estimate of drug-likeness (QED) is 0.389. The van der Waals surface area contributed by atoms with Gasteiger partial charge in [0.05, 0.1) is 7.05 Å². The van der Waals surface area contributed by atoms with E-state index < -0.39 is 0 Å². The third kappa shape index (κ3) is 3.44. The lowest BCUT2D eigenvalue weighted by Crippen LogP contribution is -2.29. The van der Waals surface area contributed by atoms with Gasteiger partial charge in [-0.2, -0.15) is 4.57 Å². The summed E-state index contributed by atoms with van der Waals surface area (Å²) in [6.45, 7) is 2.11. The second-order valence-corrected chi connectivity index (χ2v) is 6.53. The molecule has 0 spiro atoms. The highest BCUT2D eigenvalue weighted by Gasteiger charge is 2.24. The lowest BCUT2D eigenvalue weighted by Gasteiger charge is -2.08. The van der Waals surface area contributed by atoms with E-state index in [2.05, 4.69) is 88.9 Å². The highest BCUT2D eigenvalue weighted by molar-refractivity contribution is 5.90. The Hall–Kier alpha value is -3.46. The molecule has 2 heterocycles. The SMILES string of the molecule is Cc1n(-c2ccccn2)c(/C(=C/c2ccccc2)c2ccccc2)c[n+]1C. The molecule has 0 aliphatic heterocycles. The van der Waals surface area contributed by atoms with Crippen molar-refractivity contribution < 1.29 is 4.57 Å². The summed E-state index contributed by atoms with van der Waals surface area (Å²) in [6.07, 6.45) is 6.25. The highest BCUT2D eigenvalue weighted by atomic mass is 15.2. The normalized spacial score (nSPS) is 11.6. The van der Waals surface area contributed by atoms with E-state index in [-0.39, 0.29) is 0 Å². The number of pyridine rings is 1. The summed E-state index contributed by atoms with van der Waals surface area (Å²) < 4.78 is 4.35. The number of nitrogens with zero attached hydrogens (tertiary/aromatic N) is 3. The number of aromatic nitrogens is 3. The number of hydrogen-bond acceptors (Lipinski definition) is 1. The third-order valence-electron chi connectivity index (χ3n) is 4.74. The first-order valence-corrected chi connectivity index (χ1v) is 9.06. The molecule has 0 unspecified atom stereocenters. The monoisotopic (exact) mass is 352 g/mol. The summed E-state index contributed by atoms with van der Waals surface area (Å²) in [4.78, 5) is 4.59. The molecule has 0 saturated carbocycles. The van der Waals surface area contributed by atoms with Crippen LogP contribution in [0.15, 0.2) is 91.3 Å². The minimum absolute atomic E-state index is 0.917. The van der Waals surface area contributed by atoms with Gasteiger partial charge in [0.2, 0.25) is 5.82 Å². The molecule has 0 N–H and O–H groups in total. The van der Waals surface area contributed by atoms with Gasteiger partial charge in [0.1, 0.15) is 6.20 Å². The van der Waals surface area contributed by atoms with E-state index in [1.807, 2.05) is 36.5 Å². The van der Waals surface area contributed by atoms with Crippen LogP contribution in [0.1, 0.15) is 22.6 Å². The van der Waals surface area contributed by atoms with Gasteiger partial charge < -0.3 is 0 Å². The highest BCUT2D eigenvalue weighted by Crippen LogP contribution is 2.28. The molecule has 0 aliphatic carbocycles. The molecule has 2 aromatic carbocycles. The second kappa shape index (κ2) is 7.42. The van der Waals surface area contributed by atoms with Crippen LogP contribution in [0.25, 0.3) is 17.5 Å². The Kier molecular flexibility index (Phi) is 4.67. The maximum absolute atomic E-state index is 4.59. The van der Waals surface area contributed by atoms with E-state index in [1.165, 1.54) is 11.1 Å². The minimum atomic E-state index is 0.917. The van der Waals surface area contributed by atoms with Crippen molar-refractivity contribution in [3.63, 3.8) is 0 Å². The number of benzene rings is 2. The molecule has 132 valence electrons. The van der Waals surface area contributed by atoms with Gasteiger partial charge in [0, 0.05) is 24.8 Å². The van der Waals surface area contributed by atoms with Crippen molar-refractivity contribution in [1.82, 2.24) is 9.55 Å². The minimum Gasteiger partial charge on any atom is -0.236 e. The van der Waals surface area contributed by atoms with Crippen LogP contribution in [0, 0.1) is 6.92 Å². The van der Waals surface area contributed by atoms with Gasteiger partial charge in [-0.3, -0.25) is 0 Å². The van der Waals surface area contributed by atoms with Crippen LogP contribution in [0.3, 0.4) is 0 Å². The number of imidazole rings is 1. The largest absolute Gasteiger partial charge is 0.260 e.